The number of rotatable bonds is 23. The zero-order valence-corrected chi connectivity index (χ0v) is 27.5. The summed E-state index contributed by atoms with van der Waals surface area (Å²) in [5.74, 6) is 2.95. The van der Waals surface area contributed by atoms with E-state index in [1.165, 1.54) is 6.08 Å². The lowest BCUT2D eigenvalue weighted by Gasteiger charge is -2.10. The van der Waals surface area contributed by atoms with E-state index in [1.54, 1.807) is 29.6 Å². The molecule has 0 saturated carbocycles. The van der Waals surface area contributed by atoms with Gasteiger partial charge in [-0.15, -0.1) is 0 Å². The van der Waals surface area contributed by atoms with Crippen molar-refractivity contribution < 1.29 is 42.9 Å². The van der Waals surface area contributed by atoms with Crippen LogP contribution in [0.1, 0.15) is 12.8 Å². The van der Waals surface area contributed by atoms with Crippen LogP contribution < -0.4 is 15.4 Å². The number of alkyl carbamates (subject to hydrolysis) is 2. The summed E-state index contributed by atoms with van der Waals surface area (Å²) < 4.78 is 25.8. The molecule has 0 fully saturated rings. The summed E-state index contributed by atoms with van der Waals surface area (Å²) in [6.07, 6.45) is 4.90. The number of esters is 2. The maximum Gasteiger partial charge on any atom is 0.407 e. The third kappa shape index (κ3) is 18.6. The fourth-order valence-electron chi connectivity index (χ4n) is 3.55. The smallest absolute Gasteiger partial charge is 0.407 e. The predicted octanol–water partition coefficient (Wildman–Crippen LogP) is 5.26. The Balaban J connectivity index is 1.37. The van der Waals surface area contributed by atoms with Gasteiger partial charge >= 0.3 is 24.1 Å². The summed E-state index contributed by atoms with van der Waals surface area (Å²) in [5, 5.41) is 5.05. The van der Waals surface area contributed by atoms with E-state index < -0.39 is 24.1 Å². The molecule has 0 radical (unpaired) electrons. The van der Waals surface area contributed by atoms with Gasteiger partial charge in [-0.3, -0.25) is 0 Å². The van der Waals surface area contributed by atoms with E-state index in [1.807, 2.05) is 54.6 Å². The summed E-state index contributed by atoms with van der Waals surface area (Å²) in [6, 6.07) is 17.6. The average molecular weight is 675 g/mol. The van der Waals surface area contributed by atoms with Crippen molar-refractivity contribution in [3.8, 4) is 16.9 Å². The van der Waals surface area contributed by atoms with Gasteiger partial charge in [0.05, 0.1) is 13.1 Å². The van der Waals surface area contributed by atoms with Gasteiger partial charge in [-0.2, -0.15) is 23.5 Å². The summed E-state index contributed by atoms with van der Waals surface area (Å²) in [4.78, 5) is 46.1. The highest BCUT2D eigenvalue weighted by molar-refractivity contribution is 7.99. The highest BCUT2D eigenvalue weighted by Crippen LogP contribution is 2.29. The zero-order chi connectivity index (χ0) is 33.1. The van der Waals surface area contributed by atoms with Crippen molar-refractivity contribution in [2.24, 2.45) is 0 Å². The van der Waals surface area contributed by atoms with Crippen LogP contribution >= 0.6 is 23.5 Å². The van der Waals surface area contributed by atoms with Crippen LogP contribution in [0.2, 0.25) is 0 Å². The molecule has 11 nitrogen and oxygen atoms in total. The number of benzene rings is 2. The van der Waals surface area contributed by atoms with Crippen LogP contribution in [0.3, 0.4) is 0 Å². The monoisotopic (exact) mass is 674 g/mol. The van der Waals surface area contributed by atoms with Crippen LogP contribution in [0.15, 0.2) is 79.4 Å². The van der Waals surface area contributed by atoms with Crippen molar-refractivity contribution in [2.75, 3.05) is 69.1 Å². The lowest BCUT2D eigenvalue weighted by molar-refractivity contribution is -0.138. The van der Waals surface area contributed by atoms with Crippen LogP contribution in [-0.2, 0) is 28.5 Å². The Morgan fingerprint density at radius 1 is 0.674 bits per heavy atom. The molecule has 0 aromatic heterocycles. The number of thioether (sulfide) groups is 2. The Bertz CT molecular complexity index is 1230. The molecule has 2 N–H and O–H groups in total. The van der Waals surface area contributed by atoms with Crippen LogP contribution in [-0.4, -0.2) is 93.3 Å². The van der Waals surface area contributed by atoms with Crippen molar-refractivity contribution in [1.82, 2.24) is 10.6 Å². The summed E-state index contributed by atoms with van der Waals surface area (Å²) in [6.45, 7) is 4.50. The Labute approximate surface area is 278 Å². The van der Waals surface area contributed by atoms with Gasteiger partial charge in [0.15, 0.2) is 0 Å². The fourth-order valence-corrected chi connectivity index (χ4v) is 5.18. The van der Waals surface area contributed by atoms with Gasteiger partial charge in [-0.1, -0.05) is 55.1 Å². The van der Waals surface area contributed by atoms with E-state index >= 15 is 0 Å². The number of amides is 2. The van der Waals surface area contributed by atoms with Gasteiger partial charge in [-0.25, -0.2) is 19.2 Å². The number of hydrogen-bond acceptors (Lipinski definition) is 11. The molecule has 0 heterocycles. The van der Waals surface area contributed by atoms with E-state index in [-0.39, 0.29) is 39.5 Å². The molecule has 0 unspecified atom stereocenters. The third-order valence-corrected chi connectivity index (χ3v) is 7.77. The van der Waals surface area contributed by atoms with Crippen molar-refractivity contribution >= 4 is 47.6 Å². The SMILES string of the molecule is C=CC(=O)OCCNC(=O)OCCSCCCCSCCOC(=O)NCCOC(=O)C=CCOc1ccccc1-c1ccccc1. The average Bonchev–Trinajstić information content (AvgIpc) is 3.08. The normalized spacial score (nSPS) is 10.5. The Hall–Kier alpha value is -4.10. The molecular weight excluding hydrogens is 633 g/mol. The molecule has 0 aliphatic rings. The van der Waals surface area contributed by atoms with Crippen molar-refractivity contribution in [2.45, 2.75) is 12.8 Å². The largest absolute Gasteiger partial charge is 0.489 e. The third-order valence-electron chi connectivity index (χ3n) is 5.71. The molecule has 2 amide bonds. The molecule has 2 rings (SSSR count). The minimum atomic E-state index is -0.555. The Morgan fingerprint density at radius 3 is 1.85 bits per heavy atom. The van der Waals surface area contributed by atoms with E-state index in [2.05, 4.69) is 17.2 Å². The molecule has 0 atom stereocenters. The molecule has 2 aromatic carbocycles. The minimum Gasteiger partial charge on any atom is -0.489 e. The molecule has 0 saturated heterocycles. The second-order valence-corrected chi connectivity index (χ2v) is 11.6. The Kier molecular flexibility index (Phi) is 20.8. The van der Waals surface area contributed by atoms with Crippen LogP contribution in [0.5, 0.6) is 5.75 Å². The molecule has 2 aromatic rings. The van der Waals surface area contributed by atoms with E-state index in [0.29, 0.717) is 18.1 Å². The zero-order valence-electron chi connectivity index (χ0n) is 25.8. The first kappa shape index (κ1) is 38.1. The standard InChI is InChI=1S/C33H42N2O9S2/c1-2-30(36)41-19-16-34-32(38)43-21-25-45-23-8-9-24-46-26-22-44-33(39)35-17-20-42-31(37)15-10-18-40-29-14-7-6-13-28(29)27-11-4-3-5-12-27/h2-7,10-15H,1,8-9,16-26H2,(H,34,38)(H,35,39). The number of carbonyl (C=O) groups is 4. The molecule has 250 valence electrons. The number of nitrogens with one attached hydrogen (secondary N) is 2. The summed E-state index contributed by atoms with van der Waals surface area (Å²) in [5.41, 5.74) is 2.01. The number of para-hydroxylation sites is 1. The predicted molar refractivity (Wildman–Crippen MR) is 181 cm³/mol. The van der Waals surface area contributed by atoms with Gasteiger partial charge in [0, 0.05) is 29.2 Å². The molecule has 0 spiro atoms. The molecule has 0 aliphatic carbocycles. The van der Waals surface area contributed by atoms with E-state index in [9.17, 15) is 19.2 Å². The summed E-state index contributed by atoms with van der Waals surface area (Å²) in [7, 11) is 0. The maximum absolute atomic E-state index is 11.9. The minimum absolute atomic E-state index is 0.0249. The van der Waals surface area contributed by atoms with Crippen molar-refractivity contribution in [3.05, 3.63) is 79.4 Å². The van der Waals surface area contributed by atoms with Gasteiger partial charge in [0.25, 0.3) is 0 Å². The van der Waals surface area contributed by atoms with Crippen LogP contribution in [0.25, 0.3) is 11.1 Å². The van der Waals surface area contributed by atoms with Gasteiger partial charge < -0.3 is 34.3 Å². The fraction of sp³-hybridized carbons (Fsp3) is 0.394. The lowest BCUT2D eigenvalue weighted by Crippen LogP contribution is -2.29. The van der Waals surface area contributed by atoms with Crippen molar-refractivity contribution in [1.29, 1.82) is 0 Å². The van der Waals surface area contributed by atoms with Crippen molar-refractivity contribution in [3.63, 3.8) is 0 Å². The van der Waals surface area contributed by atoms with E-state index in [0.717, 1.165) is 47.3 Å². The van der Waals surface area contributed by atoms with Gasteiger partial charge in [0.1, 0.15) is 38.8 Å². The van der Waals surface area contributed by atoms with Crippen LogP contribution in [0, 0.1) is 0 Å². The highest BCUT2D eigenvalue weighted by Gasteiger charge is 2.06. The quantitative estimate of drug-likeness (QED) is 0.0691. The number of ether oxygens (including phenoxy) is 5. The summed E-state index contributed by atoms with van der Waals surface area (Å²) >= 11 is 3.41. The Morgan fingerprint density at radius 2 is 1.24 bits per heavy atom. The highest BCUT2D eigenvalue weighted by atomic mass is 32.2. The molecule has 0 aliphatic heterocycles. The molecule has 0 bridgehead atoms. The first-order valence-electron chi connectivity index (χ1n) is 14.9. The molecule has 46 heavy (non-hydrogen) atoms. The number of unbranched alkanes of at least 4 members (excludes halogenated alkanes) is 1. The lowest BCUT2D eigenvalue weighted by atomic mass is 10.1. The first-order chi connectivity index (χ1) is 22.5. The topological polar surface area (TPSA) is 138 Å². The number of carbonyl (C=O) groups excluding carboxylic acids is 4. The molecule has 13 heteroatoms. The maximum atomic E-state index is 11.9. The number of hydrogen-bond donors (Lipinski definition) is 2. The second kappa shape index (κ2) is 25.1. The van der Waals surface area contributed by atoms with E-state index in [4.69, 9.17) is 23.7 Å². The first-order valence-corrected chi connectivity index (χ1v) is 17.2. The van der Waals surface area contributed by atoms with Gasteiger partial charge in [-0.05, 0) is 42.1 Å². The van der Waals surface area contributed by atoms with Gasteiger partial charge in [0.2, 0.25) is 0 Å². The second-order valence-electron chi connectivity index (χ2n) is 9.17. The molecular formula is C33H42N2O9S2. The van der Waals surface area contributed by atoms with Crippen LogP contribution in [0.4, 0.5) is 9.59 Å².